The number of carbonyl (C=O) groups excluding carboxylic acids is 1. The van der Waals surface area contributed by atoms with Crippen molar-refractivity contribution in [3.63, 3.8) is 0 Å². The first-order valence-electron chi connectivity index (χ1n) is 8.44. The molecule has 0 unspecified atom stereocenters. The molecule has 2 aromatic rings. The van der Waals surface area contributed by atoms with Crippen molar-refractivity contribution in [1.82, 2.24) is 4.90 Å². The summed E-state index contributed by atoms with van der Waals surface area (Å²) in [5, 5.41) is 0. The van der Waals surface area contributed by atoms with Crippen LogP contribution in [0.15, 0.2) is 60.7 Å². The summed E-state index contributed by atoms with van der Waals surface area (Å²) >= 11 is 0. The molecule has 1 aliphatic rings. The van der Waals surface area contributed by atoms with Gasteiger partial charge in [0.2, 0.25) is 5.91 Å². The predicted octanol–water partition coefficient (Wildman–Crippen LogP) is 3.36. The van der Waals surface area contributed by atoms with Gasteiger partial charge >= 0.3 is 0 Å². The van der Waals surface area contributed by atoms with Crippen LogP contribution in [0.5, 0.6) is 0 Å². The van der Waals surface area contributed by atoms with Crippen molar-refractivity contribution in [2.45, 2.75) is 19.3 Å². The standard InChI is InChI=1S/C20H24N2O/c23-20(13-7-10-18-8-3-1-4-9-18)22-16-14-21(15-17-22)19-11-5-2-6-12-19/h1-6,8-9,11-12H,7,10,13-17H2. The van der Waals surface area contributed by atoms with Gasteiger partial charge in [-0.2, -0.15) is 0 Å². The highest BCUT2D eigenvalue weighted by Gasteiger charge is 2.20. The molecule has 0 saturated carbocycles. The fourth-order valence-electron chi connectivity index (χ4n) is 3.10. The van der Waals surface area contributed by atoms with Crippen molar-refractivity contribution in [3.05, 3.63) is 66.2 Å². The molecule has 0 N–H and O–H groups in total. The molecule has 0 aromatic heterocycles. The summed E-state index contributed by atoms with van der Waals surface area (Å²) in [6.07, 6.45) is 2.57. The lowest BCUT2D eigenvalue weighted by Gasteiger charge is -2.36. The Kier molecular flexibility index (Phi) is 5.30. The molecule has 120 valence electrons. The highest BCUT2D eigenvalue weighted by Crippen LogP contribution is 2.16. The van der Waals surface area contributed by atoms with E-state index in [0.717, 1.165) is 39.0 Å². The van der Waals surface area contributed by atoms with E-state index < -0.39 is 0 Å². The lowest BCUT2D eigenvalue weighted by Crippen LogP contribution is -2.48. The van der Waals surface area contributed by atoms with Gasteiger partial charge < -0.3 is 9.80 Å². The molecule has 1 saturated heterocycles. The van der Waals surface area contributed by atoms with Crippen LogP contribution in [0.4, 0.5) is 5.69 Å². The SMILES string of the molecule is O=C(CCCc1ccccc1)N1CCN(c2ccccc2)CC1. The molecule has 3 rings (SSSR count). The number of nitrogens with zero attached hydrogens (tertiary/aromatic N) is 2. The van der Waals surface area contributed by atoms with Gasteiger partial charge in [-0.1, -0.05) is 48.5 Å². The molecule has 1 heterocycles. The van der Waals surface area contributed by atoms with Gasteiger partial charge in [0, 0.05) is 38.3 Å². The fraction of sp³-hybridized carbons (Fsp3) is 0.350. The van der Waals surface area contributed by atoms with E-state index >= 15 is 0 Å². The quantitative estimate of drug-likeness (QED) is 0.845. The Morgan fingerprint density at radius 3 is 2.09 bits per heavy atom. The van der Waals surface area contributed by atoms with Crippen molar-refractivity contribution in [3.8, 4) is 0 Å². The molecule has 0 bridgehead atoms. The highest BCUT2D eigenvalue weighted by molar-refractivity contribution is 5.76. The molecule has 0 spiro atoms. The maximum Gasteiger partial charge on any atom is 0.222 e. The normalized spacial score (nSPS) is 14.8. The van der Waals surface area contributed by atoms with Gasteiger partial charge in [-0.3, -0.25) is 4.79 Å². The monoisotopic (exact) mass is 308 g/mol. The Bertz CT molecular complexity index is 604. The van der Waals surface area contributed by atoms with Crippen LogP contribution in [0.2, 0.25) is 0 Å². The molecule has 1 amide bonds. The maximum absolute atomic E-state index is 12.3. The Balaban J connectivity index is 1.41. The summed E-state index contributed by atoms with van der Waals surface area (Å²) in [6.45, 7) is 3.51. The summed E-state index contributed by atoms with van der Waals surface area (Å²) in [6, 6.07) is 20.8. The van der Waals surface area contributed by atoms with Crippen molar-refractivity contribution in [1.29, 1.82) is 0 Å². The number of amides is 1. The summed E-state index contributed by atoms with van der Waals surface area (Å²) < 4.78 is 0. The molecule has 1 fully saturated rings. The second-order valence-corrected chi connectivity index (χ2v) is 6.04. The average molecular weight is 308 g/mol. The Morgan fingerprint density at radius 1 is 0.826 bits per heavy atom. The molecule has 3 nitrogen and oxygen atoms in total. The van der Waals surface area contributed by atoms with E-state index in [1.807, 2.05) is 17.0 Å². The van der Waals surface area contributed by atoms with Crippen LogP contribution in [0.3, 0.4) is 0 Å². The second-order valence-electron chi connectivity index (χ2n) is 6.04. The number of aryl methyl sites for hydroxylation is 1. The zero-order valence-corrected chi connectivity index (χ0v) is 13.5. The molecule has 23 heavy (non-hydrogen) atoms. The lowest BCUT2D eigenvalue weighted by molar-refractivity contribution is -0.131. The van der Waals surface area contributed by atoms with Crippen molar-refractivity contribution >= 4 is 11.6 Å². The van der Waals surface area contributed by atoms with E-state index in [1.54, 1.807) is 0 Å². The first kappa shape index (κ1) is 15.6. The first-order chi connectivity index (χ1) is 11.3. The predicted molar refractivity (Wildman–Crippen MR) is 94.6 cm³/mol. The summed E-state index contributed by atoms with van der Waals surface area (Å²) in [5.41, 5.74) is 2.57. The lowest BCUT2D eigenvalue weighted by atomic mass is 10.1. The summed E-state index contributed by atoms with van der Waals surface area (Å²) in [7, 11) is 0. The van der Waals surface area contributed by atoms with Gasteiger partial charge in [-0.15, -0.1) is 0 Å². The van der Waals surface area contributed by atoms with Gasteiger partial charge in [0.1, 0.15) is 0 Å². The van der Waals surface area contributed by atoms with E-state index in [0.29, 0.717) is 12.3 Å². The van der Waals surface area contributed by atoms with E-state index in [-0.39, 0.29) is 0 Å². The van der Waals surface area contributed by atoms with Crippen LogP contribution in [0.25, 0.3) is 0 Å². The fourth-order valence-corrected chi connectivity index (χ4v) is 3.10. The number of hydrogen-bond donors (Lipinski definition) is 0. The molecule has 3 heteroatoms. The maximum atomic E-state index is 12.3. The molecule has 2 aromatic carbocycles. The highest BCUT2D eigenvalue weighted by atomic mass is 16.2. The Labute approximate surface area is 138 Å². The third-order valence-corrected chi connectivity index (χ3v) is 4.45. The van der Waals surface area contributed by atoms with E-state index in [1.165, 1.54) is 11.3 Å². The summed E-state index contributed by atoms with van der Waals surface area (Å²) in [4.78, 5) is 16.7. The number of carbonyl (C=O) groups is 1. The van der Waals surface area contributed by atoms with Crippen LogP contribution in [0.1, 0.15) is 18.4 Å². The van der Waals surface area contributed by atoms with Crippen LogP contribution in [0, 0.1) is 0 Å². The molecule has 0 atom stereocenters. The number of benzene rings is 2. The van der Waals surface area contributed by atoms with Gasteiger partial charge in [-0.25, -0.2) is 0 Å². The summed E-state index contributed by atoms with van der Waals surface area (Å²) in [5.74, 6) is 0.300. The second kappa shape index (κ2) is 7.82. The zero-order chi connectivity index (χ0) is 15.9. The average Bonchev–Trinajstić information content (AvgIpc) is 2.63. The van der Waals surface area contributed by atoms with Crippen molar-refractivity contribution < 1.29 is 4.79 Å². The third kappa shape index (κ3) is 4.35. The molecular formula is C20H24N2O. The number of hydrogen-bond acceptors (Lipinski definition) is 2. The van der Waals surface area contributed by atoms with Crippen LogP contribution in [-0.4, -0.2) is 37.0 Å². The first-order valence-corrected chi connectivity index (χ1v) is 8.44. The third-order valence-electron chi connectivity index (χ3n) is 4.45. The smallest absolute Gasteiger partial charge is 0.222 e. The number of anilines is 1. The van der Waals surface area contributed by atoms with Crippen molar-refractivity contribution in [2.24, 2.45) is 0 Å². The number of piperazine rings is 1. The Hall–Kier alpha value is -2.29. The molecule has 0 aliphatic carbocycles. The van der Waals surface area contributed by atoms with Crippen molar-refractivity contribution in [2.75, 3.05) is 31.1 Å². The number of rotatable bonds is 5. The van der Waals surface area contributed by atoms with Gasteiger partial charge in [-0.05, 0) is 30.5 Å². The van der Waals surface area contributed by atoms with E-state index in [2.05, 4.69) is 53.4 Å². The minimum Gasteiger partial charge on any atom is -0.368 e. The molecule has 0 radical (unpaired) electrons. The minimum absolute atomic E-state index is 0.300. The van der Waals surface area contributed by atoms with Gasteiger partial charge in [0.15, 0.2) is 0 Å². The zero-order valence-electron chi connectivity index (χ0n) is 13.5. The molecular weight excluding hydrogens is 284 g/mol. The van der Waals surface area contributed by atoms with E-state index in [4.69, 9.17) is 0 Å². The Morgan fingerprint density at radius 2 is 1.43 bits per heavy atom. The topological polar surface area (TPSA) is 23.6 Å². The molecule has 1 aliphatic heterocycles. The van der Waals surface area contributed by atoms with E-state index in [9.17, 15) is 4.79 Å². The van der Waals surface area contributed by atoms with Gasteiger partial charge in [0.25, 0.3) is 0 Å². The van der Waals surface area contributed by atoms with Gasteiger partial charge in [0.05, 0.1) is 0 Å². The number of para-hydroxylation sites is 1. The van der Waals surface area contributed by atoms with Crippen LogP contribution < -0.4 is 4.90 Å². The van der Waals surface area contributed by atoms with Crippen LogP contribution >= 0.6 is 0 Å². The van der Waals surface area contributed by atoms with Crippen LogP contribution in [-0.2, 0) is 11.2 Å². The largest absolute Gasteiger partial charge is 0.368 e. The minimum atomic E-state index is 0.300.